The van der Waals surface area contributed by atoms with Gasteiger partial charge in [-0.25, -0.2) is 0 Å². The first-order chi connectivity index (χ1) is 5.84. The van der Waals surface area contributed by atoms with E-state index in [1.165, 1.54) is 0 Å². The molecule has 0 radical (unpaired) electrons. The number of nitrogens with zero attached hydrogens (tertiary/aromatic N) is 1. The maximum atomic E-state index is 10.8. The van der Waals surface area contributed by atoms with Gasteiger partial charge in [-0.15, -0.1) is 0 Å². The van der Waals surface area contributed by atoms with Crippen molar-refractivity contribution in [3.8, 4) is 5.75 Å². The number of carbonyl (C=O) groups is 1. The molecule has 1 heterocycles. The number of aromatic amines is 1. The van der Waals surface area contributed by atoms with E-state index in [-0.39, 0.29) is 16.9 Å². The van der Waals surface area contributed by atoms with E-state index in [2.05, 4.69) is 10.2 Å². The molecular weight excluding hydrogens is 170 g/mol. The average molecular weight is 183 g/mol. The van der Waals surface area contributed by atoms with Gasteiger partial charge < -0.3 is 10.8 Å². The minimum Gasteiger partial charge on any atom is -0.504 e. The first-order valence-corrected chi connectivity index (χ1v) is 3.91. The van der Waals surface area contributed by atoms with Crippen LogP contribution in [0.1, 0.15) is 37.0 Å². The number of nitrogens with two attached hydrogens (primary N) is 1. The Balaban J connectivity index is 3.22. The molecule has 1 amide bonds. The van der Waals surface area contributed by atoms with Crippen LogP contribution in [0.4, 0.5) is 0 Å². The summed E-state index contributed by atoms with van der Waals surface area (Å²) in [5.41, 5.74) is 5.10. The van der Waals surface area contributed by atoms with E-state index < -0.39 is 5.91 Å². The molecule has 1 rings (SSSR count). The highest BCUT2D eigenvalue weighted by Crippen LogP contribution is 2.30. The lowest BCUT2D eigenvalue weighted by molar-refractivity contribution is 0.0993. The van der Waals surface area contributed by atoms with Crippen LogP contribution in [-0.4, -0.2) is 21.2 Å². The first kappa shape index (κ1) is 9.57. The molecule has 1 aromatic heterocycles. The van der Waals surface area contributed by atoms with Crippen molar-refractivity contribution in [2.24, 2.45) is 5.73 Å². The van der Waals surface area contributed by atoms with Crippen LogP contribution in [0, 0.1) is 0 Å². The van der Waals surface area contributed by atoms with Gasteiger partial charge in [0.15, 0.2) is 11.4 Å². The Morgan fingerprint density at radius 2 is 2.08 bits per heavy atom. The van der Waals surface area contributed by atoms with Gasteiger partial charge in [0.2, 0.25) is 0 Å². The topological polar surface area (TPSA) is 92.0 Å². The van der Waals surface area contributed by atoms with E-state index >= 15 is 0 Å². The Bertz CT molecular complexity index is 336. The molecule has 13 heavy (non-hydrogen) atoms. The monoisotopic (exact) mass is 183 g/mol. The molecule has 4 N–H and O–H groups in total. The van der Waals surface area contributed by atoms with Crippen LogP contribution in [-0.2, 0) is 5.41 Å². The predicted octanol–water partition coefficient (Wildman–Crippen LogP) is 0.512. The van der Waals surface area contributed by atoms with Crippen molar-refractivity contribution < 1.29 is 9.90 Å². The summed E-state index contributed by atoms with van der Waals surface area (Å²) in [6.45, 7) is 5.65. The van der Waals surface area contributed by atoms with Gasteiger partial charge in [-0.3, -0.25) is 9.89 Å². The minimum absolute atomic E-state index is 0.0371. The van der Waals surface area contributed by atoms with Crippen molar-refractivity contribution in [2.45, 2.75) is 26.2 Å². The van der Waals surface area contributed by atoms with Gasteiger partial charge in [0, 0.05) is 5.41 Å². The largest absolute Gasteiger partial charge is 0.504 e. The van der Waals surface area contributed by atoms with E-state index in [0.717, 1.165) is 0 Å². The fraction of sp³-hybridized carbons (Fsp3) is 0.500. The van der Waals surface area contributed by atoms with E-state index in [9.17, 15) is 9.90 Å². The Kier molecular flexibility index (Phi) is 2.03. The van der Waals surface area contributed by atoms with E-state index in [4.69, 9.17) is 5.73 Å². The third-order valence-corrected chi connectivity index (χ3v) is 1.70. The van der Waals surface area contributed by atoms with Gasteiger partial charge in [-0.2, -0.15) is 5.10 Å². The fourth-order valence-corrected chi connectivity index (χ4v) is 1.03. The number of aromatic nitrogens is 2. The Morgan fingerprint density at radius 1 is 1.54 bits per heavy atom. The SMILES string of the molecule is CC(C)(C)c1n[nH]c(C(N)=O)c1O. The van der Waals surface area contributed by atoms with Gasteiger partial charge in [-0.1, -0.05) is 20.8 Å². The zero-order chi connectivity index (χ0) is 10.2. The molecule has 5 heteroatoms. The number of rotatable bonds is 1. The summed E-state index contributed by atoms with van der Waals surface area (Å²) in [5, 5.41) is 15.8. The summed E-state index contributed by atoms with van der Waals surface area (Å²) in [6.07, 6.45) is 0. The summed E-state index contributed by atoms with van der Waals surface area (Å²) in [5.74, 6) is -0.861. The number of hydrogen-bond acceptors (Lipinski definition) is 3. The number of carbonyl (C=O) groups excluding carboxylic acids is 1. The molecule has 0 spiro atoms. The first-order valence-electron chi connectivity index (χ1n) is 3.91. The summed E-state index contributed by atoms with van der Waals surface area (Å²) < 4.78 is 0. The molecular formula is C8H13N3O2. The van der Waals surface area contributed by atoms with Gasteiger partial charge in [0.05, 0.1) is 0 Å². The van der Waals surface area contributed by atoms with Crippen LogP contribution in [0.15, 0.2) is 0 Å². The van der Waals surface area contributed by atoms with Crippen molar-refractivity contribution >= 4 is 5.91 Å². The van der Waals surface area contributed by atoms with Crippen molar-refractivity contribution in [3.05, 3.63) is 11.4 Å². The summed E-state index contributed by atoms with van der Waals surface area (Å²) >= 11 is 0. The Labute approximate surface area is 75.9 Å². The molecule has 0 unspecified atom stereocenters. The number of aromatic hydroxyl groups is 1. The van der Waals surface area contributed by atoms with Crippen LogP contribution < -0.4 is 5.73 Å². The molecule has 0 atom stereocenters. The third kappa shape index (κ3) is 1.63. The Hall–Kier alpha value is -1.52. The second-order valence-corrected chi connectivity index (χ2v) is 3.91. The molecule has 0 fully saturated rings. The molecule has 0 aliphatic carbocycles. The van der Waals surface area contributed by atoms with Crippen LogP contribution in [0.5, 0.6) is 5.75 Å². The molecule has 0 saturated carbocycles. The highest BCUT2D eigenvalue weighted by atomic mass is 16.3. The van der Waals surface area contributed by atoms with Crippen molar-refractivity contribution in [2.75, 3.05) is 0 Å². The van der Waals surface area contributed by atoms with Gasteiger partial charge in [-0.05, 0) is 0 Å². The highest BCUT2D eigenvalue weighted by Gasteiger charge is 2.25. The van der Waals surface area contributed by atoms with Crippen LogP contribution in [0.2, 0.25) is 0 Å². The summed E-state index contributed by atoms with van der Waals surface area (Å²) in [4.78, 5) is 10.8. The standard InChI is InChI=1S/C8H13N3O2/c1-8(2,3)6-5(12)4(7(9)13)10-11-6/h12H,1-3H3,(H2,9,13)(H,10,11). The Morgan fingerprint density at radius 3 is 2.31 bits per heavy atom. The predicted molar refractivity (Wildman–Crippen MR) is 47.5 cm³/mol. The van der Waals surface area contributed by atoms with Crippen LogP contribution in [0.3, 0.4) is 0 Å². The zero-order valence-corrected chi connectivity index (χ0v) is 7.88. The van der Waals surface area contributed by atoms with Crippen molar-refractivity contribution in [3.63, 3.8) is 0 Å². The lowest BCUT2D eigenvalue weighted by atomic mass is 9.91. The maximum absolute atomic E-state index is 10.8. The molecule has 0 bridgehead atoms. The number of primary amides is 1. The molecule has 0 aromatic carbocycles. The molecule has 0 aliphatic heterocycles. The second-order valence-electron chi connectivity index (χ2n) is 3.91. The van der Waals surface area contributed by atoms with E-state index in [1.807, 2.05) is 20.8 Å². The lowest BCUT2D eigenvalue weighted by Gasteiger charge is -2.14. The van der Waals surface area contributed by atoms with Gasteiger partial charge in [0.25, 0.3) is 5.91 Å². The summed E-state index contributed by atoms with van der Waals surface area (Å²) in [6, 6.07) is 0. The molecule has 0 saturated heterocycles. The second kappa shape index (κ2) is 2.76. The van der Waals surface area contributed by atoms with E-state index in [0.29, 0.717) is 5.69 Å². The normalized spacial score (nSPS) is 11.6. The quantitative estimate of drug-likeness (QED) is 0.592. The van der Waals surface area contributed by atoms with Crippen LogP contribution >= 0.6 is 0 Å². The number of amides is 1. The van der Waals surface area contributed by atoms with Gasteiger partial charge >= 0.3 is 0 Å². The smallest absolute Gasteiger partial charge is 0.270 e. The minimum atomic E-state index is -0.708. The fourth-order valence-electron chi connectivity index (χ4n) is 1.03. The average Bonchev–Trinajstić information content (AvgIpc) is 2.28. The summed E-state index contributed by atoms with van der Waals surface area (Å²) in [7, 11) is 0. The zero-order valence-electron chi connectivity index (χ0n) is 7.88. The van der Waals surface area contributed by atoms with Gasteiger partial charge in [0.1, 0.15) is 5.69 Å². The molecule has 5 nitrogen and oxygen atoms in total. The lowest BCUT2D eigenvalue weighted by Crippen LogP contribution is -2.13. The number of H-pyrrole nitrogens is 1. The maximum Gasteiger partial charge on any atom is 0.270 e. The van der Waals surface area contributed by atoms with Crippen molar-refractivity contribution in [1.29, 1.82) is 0 Å². The molecule has 0 aliphatic rings. The third-order valence-electron chi connectivity index (χ3n) is 1.70. The van der Waals surface area contributed by atoms with E-state index in [1.54, 1.807) is 0 Å². The van der Waals surface area contributed by atoms with Crippen molar-refractivity contribution in [1.82, 2.24) is 10.2 Å². The van der Waals surface area contributed by atoms with Crippen LogP contribution in [0.25, 0.3) is 0 Å². The number of hydrogen-bond donors (Lipinski definition) is 3. The highest BCUT2D eigenvalue weighted by molar-refractivity contribution is 5.93. The molecule has 1 aromatic rings. The number of nitrogens with one attached hydrogen (secondary N) is 1. The molecule has 72 valence electrons.